The summed E-state index contributed by atoms with van der Waals surface area (Å²) in [5.74, 6) is 3.23. The van der Waals surface area contributed by atoms with E-state index in [9.17, 15) is 0 Å². The normalized spacial score (nSPS) is 28.4. The van der Waals surface area contributed by atoms with Crippen molar-refractivity contribution in [2.24, 2.45) is 11.8 Å². The van der Waals surface area contributed by atoms with Gasteiger partial charge in [-0.15, -0.1) is 11.6 Å². The molecular weight excluding hydrogens is 222 g/mol. The van der Waals surface area contributed by atoms with E-state index < -0.39 is 0 Å². The minimum atomic E-state index is 0.446. The van der Waals surface area contributed by atoms with Gasteiger partial charge in [-0.1, -0.05) is 6.42 Å². The second-order valence-corrected chi connectivity index (χ2v) is 5.13. The van der Waals surface area contributed by atoms with E-state index in [2.05, 4.69) is 14.9 Å². The van der Waals surface area contributed by atoms with E-state index in [0.717, 1.165) is 36.4 Å². The van der Waals surface area contributed by atoms with Crippen LogP contribution in [-0.4, -0.2) is 23.1 Å². The molecule has 2 aliphatic rings. The van der Waals surface area contributed by atoms with Gasteiger partial charge in [0, 0.05) is 19.3 Å². The van der Waals surface area contributed by atoms with Crippen molar-refractivity contribution >= 4 is 17.4 Å². The second-order valence-electron chi connectivity index (χ2n) is 4.86. The number of anilines is 1. The van der Waals surface area contributed by atoms with Gasteiger partial charge in [0.05, 0.1) is 17.8 Å². The van der Waals surface area contributed by atoms with Crippen LogP contribution in [0.3, 0.4) is 0 Å². The predicted octanol–water partition coefficient (Wildman–Crippen LogP) is 2.45. The zero-order valence-electron chi connectivity index (χ0n) is 9.27. The first-order chi connectivity index (χ1) is 7.86. The summed E-state index contributed by atoms with van der Waals surface area (Å²) < 4.78 is 0. The van der Waals surface area contributed by atoms with Crippen molar-refractivity contribution in [3.05, 3.63) is 18.1 Å². The molecule has 16 heavy (non-hydrogen) atoms. The molecule has 2 atom stereocenters. The summed E-state index contributed by atoms with van der Waals surface area (Å²) in [5.41, 5.74) is 0.872. The molecule has 3 nitrogen and oxygen atoms in total. The van der Waals surface area contributed by atoms with Crippen LogP contribution >= 0.6 is 11.6 Å². The number of alkyl halides is 1. The summed E-state index contributed by atoms with van der Waals surface area (Å²) in [6.07, 6.45) is 7.80. The highest BCUT2D eigenvalue weighted by atomic mass is 35.5. The Morgan fingerprint density at radius 3 is 2.69 bits per heavy atom. The summed E-state index contributed by atoms with van der Waals surface area (Å²) in [6.45, 7) is 2.32. The van der Waals surface area contributed by atoms with Gasteiger partial charge in [0.25, 0.3) is 0 Å². The van der Waals surface area contributed by atoms with Gasteiger partial charge >= 0.3 is 0 Å². The fraction of sp³-hybridized carbons (Fsp3) is 0.667. The van der Waals surface area contributed by atoms with Crippen LogP contribution in [0.4, 0.5) is 5.82 Å². The molecule has 2 heterocycles. The fourth-order valence-electron chi connectivity index (χ4n) is 3.03. The Labute approximate surface area is 101 Å². The monoisotopic (exact) mass is 237 g/mol. The van der Waals surface area contributed by atoms with Crippen molar-refractivity contribution in [1.29, 1.82) is 0 Å². The van der Waals surface area contributed by atoms with Crippen LogP contribution in [0.25, 0.3) is 0 Å². The molecular formula is C12H16ClN3. The number of rotatable bonds is 2. The molecule has 1 aliphatic carbocycles. The molecule has 1 aliphatic heterocycles. The van der Waals surface area contributed by atoms with Crippen LogP contribution in [0.5, 0.6) is 0 Å². The standard InChI is InChI=1S/C12H16ClN3/c13-4-11-5-14-6-12(15-11)16-7-9-2-1-3-10(9)8-16/h5-6,9-10H,1-4,7-8H2. The first kappa shape index (κ1) is 10.3. The van der Waals surface area contributed by atoms with Crippen LogP contribution in [0.1, 0.15) is 25.0 Å². The van der Waals surface area contributed by atoms with Crippen molar-refractivity contribution in [2.45, 2.75) is 25.1 Å². The van der Waals surface area contributed by atoms with Crippen LogP contribution in [0, 0.1) is 11.8 Å². The first-order valence-corrected chi connectivity index (χ1v) is 6.52. The van der Waals surface area contributed by atoms with E-state index in [1.807, 2.05) is 6.20 Å². The van der Waals surface area contributed by atoms with Crippen molar-refractivity contribution in [2.75, 3.05) is 18.0 Å². The van der Waals surface area contributed by atoms with Crippen molar-refractivity contribution in [3.63, 3.8) is 0 Å². The molecule has 0 spiro atoms. The largest absolute Gasteiger partial charge is 0.355 e. The molecule has 2 fully saturated rings. The quantitative estimate of drug-likeness (QED) is 0.740. The lowest BCUT2D eigenvalue weighted by Gasteiger charge is -2.18. The van der Waals surface area contributed by atoms with Crippen molar-refractivity contribution in [1.82, 2.24) is 9.97 Å². The Kier molecular flexibility index (Phi) is 2.72. The van der Waals surface area contributed by atoms with Crippen molar-refractivity contribution < 1.29 is 0 Å². The minimum absolute atomic E-state index is 0.446. The summed E-state index contributed by atoms with van der Waals surface area (Å²) >= 11 is 5.78. The van der Waals surface area contributed by atoms with E-state index in [1.165, 1.54) is 19.3 Å². The van der Waals surface area contributed by atoms with Gasteiger partial charge in [-0.3, -0.25) is 4.98 Å². The van der Waals surface area contributed by atoms with Crippen LogP contribution in [-0.2, 0) is 5.88 Å². The Morgan fingerprint density at radius 2 is 2.00 bits per heavy atom. The third kappa shape index (κ3) is 1.77. The topological polar surface area (TPSA) is 29.0 Å². The predicted molar refractivity (Wildman–Crippen MR) is 64.6 cm³/mol. The molecule has 1 saturated heterocycles. The zero-order chi connectivity index (χ0) is 11.0. The summed E-state index contributed by atoms with van der Waals surface area (Å²) in [6, 6.07) is 0. The van der Waals surface area contributed by atoms with Crippen molar-refractivity contribution in [3.8, 4) is 0 Å². The van der Waals surface area contributed by atoms with Gasteiger partial charge in [0.1, 0.15) is 5.82 Å². The van der Waals surface area contributed by atoms with Gasteiger partial charge in [0.15, 0.2) is 0 Å². The molecule has 4 heteroatoms. The molecule has 0 radical (unpaired) electrons. The molecule has 1 saturated carbocycles. The van der Waals surface area contributed by atoms with E-state index in [4.69, 9.17) is 11.6 Å². The third-order valence-corrected chi connectivity index (χ3v) is 4.13. The molecule has 3 rings (SSSR count). The van der Waals surface area contributed by atoms with Gasteiger partial charge in [-0.2, -0.15) is 0 Å². The average Bonchev–Trinajstić information content (AvgIpc) is 2.89. The van der Waals surface area contributed by atoms with E-state index in [1.54, 1.807) is 6.20 Å². The highest BCUT2D eigenvalue weighted by molar-refractivity contribution is 6.16. The Hall–Kier alpha value is -0.830. The Balaban J connectivity index is 1.78. The smallest absolute Gasteiger partial charge is 0.147 e. The SMILES string of the molecule is ClCc1cncc(N2CC3CCCC3C2)n1. The maximum atomic E-state index is 5.78. The van der Waals surface area contributed by atoms with Crippen LogP contribution in [0.15, 0.2) is 12.4 Å². The molecule has 86 valence electrons. The highest BCUT2D eigenvalue weighted by Gasteiger charge is 2.36. The number of hydrogen-bond acceptors (Lipinski definition) is 3. The second kappa shape index (κ2) is 4.21. The molecule has 0 amide bonds. The van der Waals surface area contributed by atoms with E-state index in [-0.39, 0.29) is 0 Å². The molecule has 1 aromatic rings. The maximum Gasteiger partial charge on any atom is 0.147 e. The number of halogens is 1. The Bertz CT molecular complexity index is 370. The van der Waals surface area contributed by atoms with E-state index >= 15 is 0 Å². The molecule has 2 unspecified atom stereocenters. The summed E-state index contributed by atoms with van der Waals surface area (Å²) in [5, 5.41) is 0. The lowest BCUT2D eigenvalue weighted by atomic mass is 10.0. The third-order valence-electron chi connectivity index (χ3n) is 3.86. The minimum Gasteiger partial charge on any atom is -0.355 e. The van der Waals surface area contributed by atoms with E-state index in [0.29, 0.717) is 5.88 Å². The van der Waals surface area contributed by atoms with Crippen LogP contribution in [0.2, 0.25) is 0 Å². The number of aromatic nitrogens is 2. The first-order valence-electron chi connectivity index (χ1n) is 5.98. The lowest BCUT2D eigenvalue weighted by molar-refractivity contribution is 0.494. The number of hydrogen-bond donors (Lipinski definition) is 0. The van der Waals surface area contributed by atoms with Gasteiger partial charge in [-0.25, -0.2) is 4.98 Å². The molecule has 0 bridgehead atoms. The fourth-order valence-corrected chi connectivity index (χ4v) is 3.16. The lowest BCUT2D eigenvalue weighted by Crippen LogP contribution is -2.22. The maximum absolute atomic E-state index is 5.78. The summed E-state index contributed by atoms with van der Waals surface area (Å²) in [7, 11) is 0. The number of nitrogens with zero attached hydrogens (tertiary/aromatic N) is 3. The molecule has 0 N–H and O–H groups in total. The zero-order valence-corrected chi connectivity index (χ0v) is 10.0. The Morgan fingerprint density at radius 1 is 1.25 bits per heavy atom. The van der Waals surface area contributed by atoms with Gasteiger partial charge in [0.2, 0.25) is 0 Å². The average molecular weight is 238 g/mol. The van der Waals surface area contributed by atoms with Gasteiger partial charge in [-0.05, 0) is 24.7 Å². The number of fused-ring (bicyclic) bond motifs is 1. The summed E-state index contributed by atoms with van der Waals surface area (Å²) in [4.78, 5) is 11.1. The molecule has 0 aromatic carbocycles. The highest BCUT2D eigenvalue weighted by Crippen LogP contribution is 2.38. The van der Waals surface area contributed by atoms with Crippen LogP contribution < -0.4 is 4.90 Å². The van der Waals surface area contributed by atoms with Gasteiger partial charge < -0.3 is 4.90 Å². The molecule has 1 aromatic heterocycles.